The van der Waals surface area contributed by atoms with Crippen LogP contribution in [0.25, 0.3) is 0 Å². The fourth-order valence-corrected chi connectivity index (χ4v) is 1.93. The third-order valence-corrected chi connectivity index (χ3v) is 3.05. The molecule has 0 heterocycles. The van der Waals surface area contributed by atoms with Crippen molar-refractivity contribution in [2.24, 2.45) is 0 Å². The Labute approximate surface area is 121 Å². The van der Waals surface area contributed by atoms with Crippen molar-refractivity contribution in [3.8, 4) is 11.8 Å². The maximum Gasteiger partial charge on any atom is 0.150 e. The summed E-state index contributed by atoms with van der Waals surface area (Å²) < 4.78 is 32.4. The molecule has 0 amide bonds. The predicted molar refractivity (Wildman–Crippen MR) is 76.3 cm³/mol. The third kappa shape index (κ3) is 3.69. The second-order valence-corrected chi connectivity index (χ2v) is 4.45. The van der Waals surface area contributed by atoms with Crippen LogP contribution in [0.3, 0.4) is 0 Å². The molecular weight excluding hydrogens is 274 g/mol. The number of methoxy groups -OCH3 is 1. The molecule has 3 nitrogen and oxygen atoms in total. The summed E-state index contributed by atoms with van der Waals surface area (Å²) in [5.74, 6) is -0.765. The van der Waals surface area contributed by atoms with Gasteiger partial charge in [0.25, 0.3) is 0 Å². The van der Waals surface area contributed by atoms with Crippen molar-refractivity contribution in [3.63, 3.8) is 0 Å². The van der Waals surface area contributed by atoms with Gasteiger partial charge in [0.05, 0.1) is 18.7 Å². The Hall–Kier alpha value is -2.61. The first-order chi connectivity index (χ1) is 10.1. The average molecular weight is 288 g/mol. The summed E-state index contributed by atoms with van der Waals surface area (Å²) in [4.78, 5) is 0. The minimum Gasteiger partial charge on any atom is -0.497 e. The summed E-state index contributed by atoms with van der Waals surface area (Å²) in [5, 5.41) is 11.3. The molecule has 0 bridgehead atoms. The minimum atomic E-state index is -0.763. The Morgan fingerprint density at radius 3 is 2.29 bits per heavy atom. The summed E-state index contributed by atoms with van der Waals surface area (Å²) in [6.07, 6.45) is 0.614. The molecular formula is C16H14F2N2O. The molecule has 0 spiro atoms. The standard InChI is InChI=1S/C16H14F2N2O/c1-21-13-4-2-11(3-5-13)6-7-20-16-14(17)8-12(10-19)9-15(16)18/h2-5,8-9,20H,6-7H2,1H3. The van der Waals surface area contributed by atoms with Gasteiger partial charge in [-0.3, -0.25) is 0 Å². The zero-order chi connectivity index (χ0) is 15.2. The van der Waals surface area contributed by atoms with Gasteiger partial charge in [0, 0.05) is 6.54 Å². The lowest BCUT2D eigenvalue weighted by Gasteiger charge is -2.09. The van der Waals surface area contributed by atoms with Gasteiger partial charge in [-0.1, -0.05) is 12.1 Å². The first-order valence-corrected chi connectivity index (χ1v) is 6.40. The van der Waals surface area contributed by atoms with Crippen LogP contribution in [0.5, 0.6) is 5.75 Å². The van der Waals surface area contributed by atoms with Gasteiger partial charge < -0.3 is 10.1 Å². The number of ether oxygens (including phenoxy) is 1. The lowest BCUT2D eigenvalue weighted by atomic mass is 10.1. The molecule has 0 saturated heterocycles. The van der Waals surface area contributed by atoms with Crippen molar-refractivity contribution < 1.29 is 13.5 Å². The predicted octanol–water partition coefficient (Wildman–Crippen LogP) is 3.50. The number of anilines is 1. The van der Waals surface area contributed by atoms with E-state index in [1.54, 1.807) is 13.2 Å². The van der Waals surface area contributed by atoms with Crippen LogP contribution in [-0.4, -0.2) is 13.7 Å². The van der Waals surface area contributed by atoms with Gasteiger partial charge in [0.2, 0.25) is 0 Å². The summed E-state index contributed by atoms with van der Waals surface area (Å²) >= 11 is 0. The van der Waals surface area contributed by atoms with E-state index < -0.39 is 11.6 Å². The third-order valence-electron chi connectivity index (χ3n) is 3.05. The van der Waals surface area contributed by atoms with Crippen molar-refractivity contribution in [3.05, 3.63) is 59.2 Å². The van der Waals surface area contributed by atoms with E-state index >= 15 is 0 Å². The van der Waals surface area contributed by atoms with Crippen LogP contribution < -0.4 is 10.1 Å². The van der Waals surface area contributed by atoms with Gasteiger partial charge in [-0.05, 0) is 36.2 Å². The highest BCUT2D eigenvalue weighted by Gasteiger charge is 2.10. The molecule has 2 aromatic rings. The lowest BCUT2D eigenvalue weighted by Crippen LogP contribution is -2.08. The van der Waals surface area contributed by atoms with Crippen LogP contribution in [0, 0.1) is 23.0 Å². The largest absolute Gasteiger partial charge is 0.497 e. The fraction of sp³-hybridized carbons (Fsp3) is 0.188. The van der Waals surface area contributed by atoms with Crippen molar-refractivity contribution in [1.29, 1.82) is 5.26 Å². The topological polar surface area (TPSA) is 45.0 Å². The van der Waals surface area contributed by atoms with E-state index in [-0.39, 0.29) is 11.3 Å². The number of halogens is 2. The summed E-state index contributed by atoms with van der Waals surface area (Å²) in [5.41, 5.74) is 0.783. The molecule has 0 unspecified atom stereocenters. The van der Waals surface area contributed by atoms with Crippen LogP contribution in [-0.2, 0) is 6.42 Å². The number of nitriles is 1. The van der Waals surface area contributed by atoms with E-state index in [0.29, 0.717) is 13.0 Å². The molecule has 0 fully saturated rings. The number of nitrogens with zero attached hydrogens (tertiary/aromatic N) is 1. The van der Waals surface area contributed by atoms with Crippen LogP contribution in [0.15, 0.2) is 36.4 Å². The number of hydrogen-bond acceptors (Lipinski definition) is 3. The first kappa shape index (κ1) is 14.8. The van der Waals surface area contributed by atoms with Gasteiger partial charge in [-0.2, -0.15) is 5.26 Å². The highest BCUT2D eigenvalue weighted by atomic mass is 19.1. The Balaban J connectivity index is 1.98. The second-order valence-electron chi connectivity index (χ2n) is 4.45. The molecule has 0 radical (unpaired) electrons. The molecule has 0 aliphatic carbocycles. The van der Waals surface area contributed by atoms with E-state index in [1.165, 1.54) is 0 Å². The van der Waals surface area contributed by atoms with E-state index in [4.69, 9.17) is 10.00 Å². The lowest BCUT2D eigenvalue weighted by molar-refractivity contribution is 0.414. The molecule has 5 heteroatoms. The maximum absolute atomic E-state index is 13.7. The average Bonchev–Trinajstić information content (AvgIpc) is 2.50. The first-order valence-electron chi connectivity index (χ1n) is 6.40. The van der Waals surface area contributed by atoms with E-state index in [9.17, 15) is 8.78 Å². The Kier molecular flexibility index (Phi) is 4.72. The van der Waals surface area contributed by atoms with Gasteiger partial charge in [0.1, 0.15) is 11.4 Å². The van der Waals surface area contributed by atoms with E-state index in [2.05, 4.69) is 5.32 Å². The maximum atomic E-state index is 13.7. The van der Waals surface area contributed by atoms with Gasteiger partial charge in [-0.15, -0.1) is 0 Å². The summed E-state index contributed by atoms with van der Waals surface area (Å²) in [6, 6.07) is 11.2. The Morgan fingerprint density at radius 1 is 1.14 bits per heavy atom. The summed E-state index contributed by atoms with van der Waals surface area (Å²) in [7, 11) is 1.59. The number of benzene rings is 2. The van der Waals surface area contributed by atoms with Crippen LogP contribution in [0.4, 0.5) is 14.5 Å². The second kappa shape index (κ2) is 6.71. The normalized spacial score (nSPS) is 10.0. The van der Waals surface area contributed by atoms with Gasteiger partial charge in [0.15, 0.2) is 11.6 Å². The molecule has 108 valence electrons. The molecule has 2 aromatic carbocycles. The highest BCUT2D eigenvalue weighted by Crippen LogP contribution is 2.20. The zero-order valence-corrected chi connectivity index (χ0v) is 11.5. The number of nitrogens with one attached hydrogen (secondary N) is 1. The Bertz CT molecular complexity index is 640. The quantitative estimate of drug-likeness (QED) is 0.916. The van der Waals surface area contributed by atoms with E-state index in [0.717, 1.165) is 23.4 Å². The van der Waals surface area contributed by atoms with Crippen molar-refractivity contribution >= 4 is 5.69 Å². The molecule has 0 aliphatic rings. The molecule has 0 aliphatic heterocycles. The number of rotatable bonds is 5. The van der Waals surface area contributed by atoms with Gasteiger partial charge in [-0.25, -0.2) is 8.78 Å². The van der Waals surface area contributed by atoms with Crippen molar-refractivity contribution in [2.75, 3.05) is 19.0 Å². The molecule has 2 rings (SSSR count). The molecule has 21 heavy (non-hydrogen) atoms. The zero-order valence-electron chi connectivity index (χ0n) is 11.5. The van der Waals surface area contributed by atoms with Gasteiger partial charge >= 0.3 is 0 Å². The molecule has 0 atom stereocenters. The van der Waals surface area contributed by atoms with Crippen molar-refractivity contribution in [1.82, 2.24) is 0 Å². The number of hydrogen-bond donors (Lipinski definition) is 1. The fourth-order valence-electron chi connectivity index (χ4n) is 1.93. The SMILES string of the molecule is COc1ccc(CCNc2c(F)cc(C#N)cc2F)cc1. The molecule has 1 N–H and O–H groups in total. The monoisotopic (exact) mass is 288 g/mol. The smallest absolute Gasteiger partial charge is 0.150 e. The van der Waals surface area contributed by atoms with Crippen molar-refractivity contribution in [2.45, 2.75) is 6.42 Å². The molecule has 0 aromatic heterocycles. The van der Waals surface area contributed by atoms with E-state index in [1.807, 2.05) is 24.3 Å². The van der Waals surface area contributed by atoms with Crippen LogP contribution in [0.1, 0.15) is 11.1 Å². The highest BCUT2D eigenvalue weighted by molar-refractivity contribution is 5.50. The molecule has 0 saturated carbocycles. The van der Waals surface area contributed by atoms with Crippen LogP contribution >= 0.6 is 0 Å². The van der Waals surface area contributed by atoms with Crippen LogP contribution in [0.2, 0.25) is 0 Å². The Morgan fingerprint density at radius 2 is 1.76 bits per heavy atom. The minimum absolute atomic E-state index is 0.0364. The summed E-state index contributed by atoms with van der Waals surface area (Å²) in [6.45, 7) is 0.381.